The molecule has 1 N–H and O–H groups in total. The highest BCUT2D eigenvalue weighted by atomic mass is 16.1. The van der Waals surface area contributed by atoms with Crippen LogP contribution in [0.15, 0.2) is 42.7 Å². The van der Waals surface area contributed by atoms with E-state index in [2.05, 4.69) is 28.5 Å². The molecule has 1 heterocycles. The maximum absolute atomic E-state index is 11.9. The first-order valence-electron chi connectivity index (χ1n) is 6.37. The van der Waals surface area contributed by atoms with Gasteiger partial charge in [-0.1, -0.05) is 29.8 Å². The summed E-state index contributed by atoms with van der Waals surface area (Å²) in [4.78, 5) is 15.9. The minimum atomic E-state index is 0.0394. The van der Waals surface area contributed by atoms with Crippen LogP contribution in [-0.2, 0) is 17.8 Å². The number of hydrogen-bond acceptors (Lipinski definition) is 2. The van der Waals surface area contributed by atoms with Gasteiger partial charge in [-0.15, -0.1) is 0 Å². The highest BCUT2D eigenvalue weighted by Gasteiger charge is 2.06. The molecule has 0 saturated carbocycles. The van der Waals surface area contributed by atoms with E-state index in [9.17, 15) is 4.79 Å². The summed E-state index contributed by atoms with van der Waals surface area (Å²) in [7, 11) is 0. The van der Waals surface area contributed by atoms with Crippen LogP contribution in [0.2, 0.25) is 0 Å². The van der Waals surface area contributed by atoms with Crippen molar-refractivity contribution in [1.29, 1.82) is 0 Å². The molecule has 3 nitrogen and oxygen atoms in total. The molecular weight excluding hydrogens is 236 g/mol. The van der Waals surface area contributed by atoms with Gasteiger partial charge in [-0.05, 0) is 36.6 Å². The highest BCUT2D eigenvalue weighted by Crippen LogP contribution is 2.11. The average molecular weight is 254 g/mol. The van der Waals surface area contributed by atoms with Crippen molar-refractivity contribution in [2.24, 2.45) is 0 Å². The summed E-state index contributed by atoms with van der Waals surface area (Å²) in [5.41, 5.74) is 4.43. The van der Waals surface area contributed by atoms with E-state index in [0.717, 1.165) is 16.7 Å². The molecule has 0 bridgehead atoms. The third-order valence-corrected chi connectivity index (χ3v) is 3.07. The molecule has 1 aromatic heterocycles. The van der Waals surface area contributed by atoms with Gasteiger partial charge < -0.3 is 5.32 Å². The first kappa shape index (κ1) is 13.3. The van der Waals surface area contributed by atoms with Gasteiger partial charge in [-0.25, -0.2) is 0 Å². The number of hydrogen-bond donors (Lipinski definition) is 1. The first-order chi connectivity index (χ1) is 9.15. The van der Waals surface area contributed by atoms with Gasteiger partial charge >= 0.3 is 0 Å². The molecule has 1 amide bonds. The monoisotopic (exact) mass is 254 g/mol. The summed E-state index contributed by atoms with van der Waals surface area (Å²) in [6.45, 7) is 4.59. The molecule has 0 aliphatic carbocycles. The quantitative estimate of drug-likeness (QED) is 0.911. The molecule has 0 spiro atoms. The van der Waals surface area contributed by atoms with Crippen LogP contribution >= 0.6 is 0 Å². The zero-order valence-corrected chi connectivity index (χ0v) is 11.3. The molecule has 0 radical (unpaired) electrons. The van der Waals surface area contributed by atoms with Crippen molar-refractivity contribution in [3.63, 3.8) is 0 Å². The molecule has 0 unspecified atom stereocenters. The lowest BCUT2D eigenvalue weighted by Crippen LogP contribution is -2.24. The van der Waals surface area contributed by atoms with E-state index in [1.54, 1.807) is 12.4 Å². The number of aromatic nitrogens is 1. The van der Waals surface area contributed by atoms with Gasteiger partial charge in [0.05, 0.1) is 6.42 Å². The Bertz CT molecular complexity index is 564. The average Bonchev–Trinajstić information content (AvgIpc) is 2.42. The van der Waals surface area contributed by atoms with E-state index in [0.29, 0.717) is 13.0 Å². The molecule has 2 rings (SSSR count). The summed E-state index contributed by atoms with van der Waals surface area (Å²) >= 11 is 0. The number of aryl methyl sites for hydroxylation is 2. The van der Waals surface area contributed by atoms with E-state index >= 15 is 0 Å². The van der Waals surface area contributed by atoms with Gasteiger partial charge in [0, 0.05) is 18.9 Å². The van der Waals surface area contributed by atoms with Gasteiger partial charge in [-0.2, -0.15) is 0 Å². The topological polar surface area (TPSA) is 42.0 Å². The zero-order chi connectivity index (χ0) is 13.7. The van der Waals surface area contributed by atoms with Gasteiger partial charge in [0.25, 0.3) is 0 Å². The van der Waals surface area contributed by atoms with E-state index in [-0.39, 0.29) is 5.91 Å². The van der Waals surface area contributed by atoms with Crippen molar-refractivity contribution < 1.29 is 4.79 Å². The van der Waals surface area contributed by atoms with Gasteiger partial charge in [0.1, 0.15) is 0 Å². The Kier molecular flexibility index (Phi) is 4.29. The van der Waals surface area contributed by atoms with E-state index in [1.165, 1.54) is 5.56 Å². The lowest BCUT2D eigenvalue weighted by Gasteiger charge is -2.08. The molecule has 0 atom stereocenters. The number of nitrogens with zero attached hydrogens (tertiary/aromatic N) is 1. The smallest absolute Gasteiger partial charge is 0.224 e. The minimum Gasteiger partial charge on any atom is -0.352 e. The second-order valence-electron chi connectivity index (χ2n) is 4.74. The fraction of sp³-hybridized carbons (Fsp3) is 0.250. The maximum Gasteiger partial charge on any atom is 0.224 e. The van der Waals surface area contributed by atoms with Gasteiger partial charge in [0.15, 0.2) is 0 Å². The lowest BCUT2D eigenvalue weighted by molar-refractivity contribution is -0.120. The number of benzene rings is 1. The first-order valence-corrected chi connectivity index (χ1v) is 6.37. The second kappa shape index (κ2) is 6.14. The number of carbonyl (C=O) groups is 1. The molecule has 2 aromatic rings. The molecule has 19 heavy (non-hydrogen) atoms. The van der Waals surface area contributed by atoms with E-state index in [1.807, 2.05) is 26.0 Å². The molecule has 3 heteroatoms. The van der Waals surface area contributed by atoms with E-state index in [4.69, 9.17) is 0 Å². The fourth-order valence-corrected chi connectivity index (χ4v) is 1.93. The van der Waals surface area contributed by atoms with Crippen molar-refractivity contribution in [3.05, 3.63) is 65.0 Å². The van der Waals surface area contributed by atoms with Crippen LogP contribution in [-0.4, -0.2) is 10.9 Å². The SMILES string of the molecule is Cc1ccc(C)c(CC(=O)NCc2cccnc2)c1. The van der Waals surface area contributed by atoms with Crippen LogP contribution in [0.4, 0.5) is 0 Å². The van der Waals surface area contributed by atoms with Crippen molar-refractivity contribution in [2.75, 3.05) is 0 Å². The Balaban J connectivity index is 1.93. The van der Waals surface area contributed by atoms with Crippen molar-refractivity contribution in [1.82, 2.24) is 10.3 Å². The van der Waals surface area contributed by atoms with Gasteiger partial charge in [-0.3, -0.25) is 9.78 Å². The number of rotatable bonds is 4. The molecule has 1 aromatic carbocycles. The molecule has 0 aliphatic rings. The zero-order valence-electron chi connectivity index (χ0n) is 11.3. The van der Waals surface area contributed by atoms with Crippen LogP contribution in [0, 0.1) is 13.8 Å². The van der Waals surface area contributed by atoms with Crippen LogP contribution in [0.1, 0.15) is 22.3 Å². The molecule has 0 aliphatic heterocycles. The summed E-state index contributed by atoms with van der Waals surface area (Å²) in [5, 5.41) is 2.92. The molecule has 0 fully saturated rings. The Morgan fingerprint density at radius 2 is 2.11 bits per heavy atom. The summed E-state index contributed by atoms with van der Waals surface area (Å²) in [6.07, 6.45) is 3.91. The predicted octanol–water partition coefficient (Wildman–Crippen LogP) is 2.56. The normalized spacial score (nSPS) is 10.2. The fourth-order valence-electron chi connectivity index (χ4n) is 1.93. The maximum atomic E-state index is 11.9. The third kappa shape index (κ3) is 3.91. The standard InChI is InChI=1S/C16H18N2O/c1-12-5-6-13(2)15(8-12)9-16(19)18-11-14-4-3-7-17-10-14/h3-8,10H,9,11H2,1-2H3,(H,18,19). The Hall–Kier alpha value is -2.16. The Morgan fingerprint density at radius 3 is 2.84 bits per heavy atom. The Morgan fingerprint density at radius 1 is 1.26 bits per heavy atom. The molecule has 98 valence electrons. The molecular formula is C16H18N2O. The number of carbonyl (C=O) groups excluding carboxylic acids is 1. The predicted molar refractivity (Wildman–Crippen MR) is 75.7 cm³/mol. The Labute approximate surface area is 113 Å². The van der Waals surface area contributed by atoms with Crippen molar-refractivity contribution in [2.45, 2.75) is 26.8 Å². The second-order valence-corrected chi connectivity index (χ2v) is 4.74. The number of amides is 1. The van der Waals surface area contributed by atoms with Crippen LogP contribution in [0.5, 0.6) is 0 Å². The van der Waals surface area contributed by atoms with Crippen molar-refractivity contribution in [3.8, 4) is 0 Å². The highest BCUT2D eigenvalue weighted by molar-refractivity contribution is 5.78. The summed E-state index contributed by atoms with van der Waals surface area (Å²) in [5.74, 6) is 0.0394. The third-order valence-electron chi connectivity index (χ3n) is 3.07. The van der Waals surface area contributed by atoms with Crippen molar-refractivity contribution >= 4 is 5.91 Å². The summed E-state index contributed by atoms with van der Waals surface area (Å²) < 4.78 is 0. The molecule has 0 saturated heterocycles. The van der Waals surface area contributed by atoms with Gasteiger partial charge in [0.2, 0.25) is 5.91 Å². The summed E-state index contributed by atoms with van der Waals surface area (Å²) in [6, 6.07) is 10.0. The van der Waals surface area contributed by atoms with Crippen LogP contribution < -0.4 is 5.32 Å². The number of pyridine rings is 1. The van der Waals surface area contributed by atoms with Crippen LogP contribution in [0.3, 0.4) is 0 Å². The van der Waals surface area contributed by atoms with E-state index < -0.39 is 0 Å². The van der Waals surface area contributed by atoms with Crippen LogP contribution in [0.25, 0.3) is 0 Å². The largest absolute Gasteiger partial charge is 0.352 e. The minimum absolute atomic E-state index is 0.0394. The number of nitrogens with one attached hydrogen (secondary N) is 1. The lowest BCUT2D eigenvalue weighted by atomic mass is 10.0.